The zero-order chi connectivity index (χ0) is 14.5. The van der Waals surface area contributed by atoms with E-state index < -0.39 is 6.10 Å². The zero-order valence-electron chi connectivity index (χ0n) is 12.8. The molecule has 1 aromatic rings. The molecule has 0 spiro atoms. The predicted molar refractivity (Wildman–Crippen MR) is 86.8 cm³/mol. The van der Waals surface area contributed by atoms with Crippen LogP contribution in [0.25, 0.3) is 0 Å². The summed E-state index contributed by atoms with van der Waals surface area (Å²) in [6.45, 7) is 4.13. The van der Waals surface area contributed by atoms with Gasteiger partial charge in [0.05, 0.1) is 13.2 Å². The fourth-order valence-corrected chi connectivity index (χ4v) is 4.19. The second kappa shape index (κ2) is 7.37. The van der Waals surface area contributed by atoms with Gasteiger partial charge >= 0.3 is 0 Å². The van der Waals surface area contributed by atoms with Gasteiger partial charge in [-0.3, -0.25) is 0 Å². The quantitative estimate of drug-likeness (QED) is 0.872. The predicted octanol–water partition coefficient (Wildman–Crippen LogP) is 4.41. The molecule has 0 saturated heterocycles. The maximum Gasteiger partial charge on any atom is 0.127 e. The van der Waals surface area contributed by atoms with Crippen LogP contribution in [0, 0.1) is 13.8 Å². The van der Waals surface area contributed by atoms with E-state index in [-0.39, 0.29) is 0 Å². The molecule has 1 N–H and O–H groups in total. The van der Waals surface area contributed by atoms with Crippen molar-refractivity contribution in [1.82, 2.24) is 0 Å². The van der Waals surface area contributed by atoms with Crippen LogP contribution in [0.1, 0.15) is 54.9 Å². The maximum absolute atomic E-state index is 10.5. The van der Waals surface area contributed by atoms with E-state index in [1.54, 1.807) is 7.11 Å². The van der Waals surface area contributed by atoms with Crippen LogP contribution >= 0.6 is 11.8 Å². The molecule has 0 radical (unpaired) electrons. The highest BCUT2D eigenvalue weighted by Crippen LogP contribution is 2.35. The summed E-state index contributed by atoms with van der Waals surface area (Å²) < 4.78 is 5.50. The summed E-state index contributed by atoms with van der Waals surface area (Å²) in [5.74, 6) is 1.62. The van der Waals surface area contributed by atoms with Gasteiger partial charge in [-0.2, -0.15) is 11.8 Å². The molecule has 1 fully saturated rings. The van der Waals surface area contributed by atoms with Gasteiger partial charge in [-0.25, -0.2) is 0 Å². The van der Waals surface area contributed by atoms with E-state index in [1.807, 2.05) is 17.8 Å². The monoisotopic (exact) mass is 294 g/mol. The standard InChI is InChI=1S/C17H26O2S/c1-12-9-10-15(17(19-3)13(12)2)16(18)11-20-14-7-5-4-6-8-14/h9-10,14,16,18H,4-8,11H2,1-3H3. The molecule has 0 aromatic heterocycles. The van der Waals surface area contributed by atoms with Crippen molar-refractivity contribution in [2.24, 2.45) is 0 Å². The summed E-state index contributed by atoms with van der Waals surface area (Å²) >= 11 is 1.92. The lowest BCUT2D eigenvalue weighted by atomic mass is 10.0. The average molecular weight is 294 g/mol. The molecule has 20 heavy (non-hydrogen) atoms. The minimum Gasteiger partial charge on any atom is -0.496 e. The number of benzene rings is 1. The maximum atomic E-state index is 10.5. The second-order valence-corrected chi connectivity index (χ2v) is 7.07. The highest BCUT2D eigenvalue weighted by atomic mass is 32.2. The van der Waals surface area contributed by atoms with Crippen molar-refractivity contribution in [2.75, 3.05) is 12.9 Å². The van der Waals surface area contributed by atoms with Crippen LogP contribution in [0.2, 0.25) is 0 Å². The Hall–Kier alpha value is -0.670. The Morgan fingerprint density at radius 2 is 1.95 bits per heavy atom. The Morgan fingerprint density at radius 1 is 1.25 bits per heavy atom. The van der Waals surface area contributed by atoms with Crippen molar-refractivity contribution in [3.05, 3.63) is 28.8 Å². The summed E-state index contributed by atoms with van der Waals surface area (Å²) in [6.07, 6.45) is 6.26. The first kappa shape index (κ1) is 15.7. The molecule has 1 saturated carbocycles. The highest BCUT2D eigenvalue weighted by molar-refractivity contribution is 7.99. The zero-order valence-corrected chi connectivity index (χ0v) is 13.6. The van der Waals surface area contributed by atoms with Gasteiger partial charge in [0.2, 0.25) is 0 Å². The van der Waals surface area contributed by atoms with Gasteiger partial charge in [0, 0.05) is 16.6 Å². The Morgan fingerprint density at radius 3 is 2.60 bits per heavy atom. The number of hydrogen-bond donors (Lipinski definition) is 1. The molecule has 0 amide bonds. The topological polar surface area (TPSA) is 29.5 Å². The number of hydrogen-bond acceptors (Lipinski definition) is 3. The molecule has 1 aliphatic carbocycles. The van der Waals surface area contributed by atoms with Crippen LogP contribution in [-0.4, -0.2) is 23.2 Å². The van der Waals surface area contributed by atoms with Crippen molar-refractivity contribution < 1.29 is 9.84 Å². The summed E-state index contributed by atoms with van der Waals surface area (Å²) in [6, 6.07) is 4.08. The van der Waals surface area contributed by atoms with Gasteiger partial charge in [0.15, 0.2) is 0 Å². The molecule has 1 aromatic carbocycles. The van der Waals surface area contributed by atoms with Crippen LogP contribution in [-0.2, 0) is 0 Å². The first-order valence-corrected chi connectivity index (χ1v) is 8.62. The molecule has 0 bridgehead atoms. The molecular weight excluding hydrogens is 268 g/mol. The summed E-state index contributed by atoms with van der Waals surface area (Å²) in [4.78, 5) is 0. The Bertz CT molecular complexity index is 439. The van der Waals surface area contributed by atoms with Crippen molar-refractivity contribution in [3.8, 4) is 5.75 Å². The number of rotatable bonds is 5. The van der Waals surface area contributed by atoms with Gasteiger partial charge in [-0.05, 0) is 37.8 Å². The fraction of sp³-hybridized carbons (Fsp3) is 0.647. The number of aryl methyl sites for hydroxylation is 1. The summed E-state index contributed by atoms with van der Waals surface area (Å²) in [7, 11) is 1.69. The van der Waals surface area contributed by atoms with Crippen LogP contribution in [0.5, 0.6) is 5.75 Å². The Labute approximate surface area is 126 Å². The van der Waals surface area contributed by atoms with Crippen LogP contribution in [0.4, 0.5) is 0 Å². The van der Waals surface area contributed by atoms with Gasteiger partial charge in [0.25, 0.3) is 0 Å². The van der Waals surface area contributed by atoms with E-state index in [0.29, 0.717) is 0 Å². The number of thioether (sulfide) groups is 1. The van der Waals surface area contributed by atoms with Gasteiger partial charge in [-0.15, -0.1) is 0 Å². The van der Waals surface area contributed by atoms with E-state index in [0.717, 1.165) is 27.9 Å². The number of ether oxygens (including phenoxy) is 1. The molecule has 0 aliphatic heterocycles. The van der Waals surface area contributed by atoms with E-state index in [9.17, 15) is 5.11 Å². The van der Waals surface area contributed by atoms with Crippen molar-refractivity contribution in [2.45, 2.75) is 57.3 Å². The number of aliphatic hydroxyl groups excluding tert-OH is 1. The minimum atomic E-state index is -0.434. The Kier molecular flexibility index (Phi) is 5.79. The van der Waals surface area contributed by atoms with Crippen LogP contribution in [0.3, 0.4) is 0 Å². The van der Waals surface area contributed by atoms with Gasteiger partial charge in [-0.1, -0.05) is 31.4 Å². The number of aliphatic hydroxyl groups is 1. The summed E-state index contributed by atoms with van der Waals surface area (Å²) in [5, 5.41) is 11.2. The first-order valence-electron chi connectivity index (χ1n) is 7.57. The van der Waals surface area contributed by atoms with E-state index in [1.165, 1.54) is 37.7 Å². The normalized spacial score (nSPS) is 18.0. The van der Waals surface area contributed by atoms with E-state index in [4.69, 9.17) is 4.74 Å². The minimum absolute atomic E-state index is 0.434. The van der Waals surface area contributed by atoms with Crippen LogP contribution < -0.4 is 4.74 Å². The van der Waals surface area contributed by atoms with Crippen molar-refractivity contribution >= 4 is 11.8 Å². The number of methoxy groups -OCH3 is 1. The smallest absolute Gasteiger partial charge is 0.127 e. The Balaban J connectivity index is 2.01. The third kappa shape index (κ3) is 3.70. The molecule has 3 heteroatoms. The molecule has 2 nitrogen and oxygen atoms in total. The molecular formula is C17H26O2S. The third-order valence-electron chi connectivity index (χ3n) is 4.31. The third-order valence-corrected chi connectivity index (χ3v) is 5.76. The molecule has 1 unspecified atom stereocenters. The summed E-state index contributed by atoms with van der Waals surface area (Å²) in [5.41, 5.74) is 3.27. The lowest BCUT2D eigenvalue weighted by molar-refractivity contribution is 0.198. The van der Waals surface area contributed by atoms with Crippen molar-refractivity contribution in [3.63, 3.8) is 0 Å². The molecule has 0 heterocycles. The van der Waals surface area contributed by atoms with Crippen molar-refractivity contribution in [1.29, 1.82) is 0 Å². The fourth-order valence-electron chi connectivity index (χ4n) is 2.89. The molecule has 2 rings (SSSR count). The molecule has 1 aliphatic rings. The molecule has 112 valence electrons. The molecule has 1 atom stereocenters. The second-order valence-electron chi connectivity index (χ2n) is 5.74. The van der Waals surface area contributed by atoms with Gasteiger partial charge in [0.1, 0.15) is 5.75 Å². The highest BCUT2D eigenvalue weighted by Gasteiger charge is 2.19. The van der Waals surface area contributed by atoms with E-state index in [2.05, 4.69) is 19.9 Å². The lowest BCUT2D eigenvalue weighted by Gasteiger charge is -2.23. The average Bonchev–Trinajstić information content (AvgIpc) is 2.48. The lowest BCUT2D eigenvalue weighted by Crippen LogP contribution is -2.12. The SMILES string of the molecule is COc1c(C(O)CSC2CCCCC2)ccc(C)c1C. The largest absolute Gasteiger partial charge is 0.496 e. The van der Waals surface area contributed by atoms with E-state index >= 15 is 0 Å². The van der Waals surface area contributed by atoms with Gasteiger partial charge < -0.3 is 9.84 Å². The van der Waals surface area contributed by atoms with Crippen LogP contribution in [0.15, 0.2) is 12.1 Å². The first-order chi connectivity index (χ1) is 9.63.